The zero-order valence-electron chi connectivity index (χ0n) is 19.1. The number of piperazine rings is 1. The largest absolute Gasteiger partial charge is 0.493 e. The summed E-state index contributed by atoms with van der Waals surface area (Å²) in [5, 5.41) is 12.7. The van der Waals surface area contributed by atoms with E-state index in [1.807, 2.05) is 18.2 Å². The summed E-state index contributed by atoms with van der Waals surface area (Å²) in [5.41, 5.74) is 1.87. The third-order valence-electron chi connectivity index (χ3n) is 6.00. The van der Waals surface area contributed by atoms with Gasteiger partial charge < -0.3 is 14.4 Å². The van der Waals surface area contributed by atoms with Gasteiger partial charge in [0, 0.05) is 31.7 Å². The second-order valence-electron chi connectivity index (χ2n) is 7.78. The van der Waals surface area contributed by atoms with Gasteiger partial charge in [0.1, 0.15) is 11.9 Å². The Bertz CT molecular complexity index is 1020. The van der Waals surface area contributed by atoms with E-state index in [9.17, 15) is 4.39 Å². The van der Waals surface area contributed by atoms with Crippen molar-refractivity contribution in [1.29, 1.82) is 0 Å². The van der Waals surface area contributed by atoms with Crippen LogP contribution in [0.4, 0.5) is 4.39 Å². The molecular formula is C23H30ClFN6O2. The topological polar surface area (TPSA) is 68.5 Å². The number of hydrogen-bond acceptors (Lipinski definition) is 7. The van der Waals surface area contributed by atoms with Gasteiger partial charge in [0.2, 0.25) is 0 Å². The lowest BCUT2D eigenvalue weighted by Gasteiger charge is -2.39. The van der Waals surface area contributed by atoms with Crippen LogP contribution in [-0.2, 0) is 6.54 Å². The van der Waals surface area contributed by atoms with E-state index in [4.69, 9.17) is 9.47 Å². The first-order chi connectivity index (χ1) is 15.6. The normalized spacial score (nSPS) is 15.6. The summed E-state index contributed by atoms with van der Waals surface area (Å²) >= 11 is 0. The van der Waals surface area contributed by atoms with E-state index in [2.05, 4.69) is 32.2 Å². The van der Waals surface area contributed by atoms with Gasteiger partial charge in [-0.05, 0) is 40.7 Å². The second kappa shape index (κ2) is 11.4. The molecule has 33 heavy (non-hydrogen) atoms. The summed E-state index contributed by atoms with van der Waals surface area (Å²) in [6, 6.07) is 12.1. The Kier molecular flexibility index (Phi) is 8.60. The number of nitrogens with zero attached hydrogens (tertiary/aromatic N) is 6. The van der Waals surface area contributed by atoms with Crippen molar-refractivity contribution < 1.29 is 13.9 Å². The number of benzene rings is 2. The van der Waals surface area contributed by atoms with Gasteiger partial charge in [-0.15, -0.1) is 17.5 Å². The predicted octanol–water partition coefficient (Wildman–Crippen LogP) is 3.03. The Morgan fingerprint density at radius 2 is 1.73 bits per heavy atom. The van der Waals surface area contributed by atoms with Crippen molar-refractivity contribution in [2.45, 2.75) is 19.5 Å². The third kappa shape index (κ3) is 5.43. The molecule has 0 bridgehead atoms. The third-order valence-corrected chi connectivity index (χ3v) is 6.00. The van der Waals surface area contributed by atoms with E-state index < -0.39 is 0 Å². The van der Waals surface area contributed by atoms with Crippen molar-refractivity contribution in [2.24, 2.45) is 0 Å². The number of halogens is 2. The van der Waals surface area contributed by atoms with Gasteiger partial charge in [-0.1, -0.05) is 31.2 Å². The highest BCUT2D eigenvalue weighted by Gasteiger charge is 2.33. The molecule has 1 saturated heterocycles. The molecule has 0 saturated carbocycles. The maximum Gasteiger partial charge on any atom is 0.173 e. The summed E-state index contributed by atoms with van der Waals surface area (Å²) in [7, 11) is 3.28. The summed E-state index contributed by atoms with van der Waals surface area (Å²) in [5.74, 6) is 1.79. The molecule has 178 valence electrons. The van der Waals surface area contributed by atoms with Gasteiger partial charge in [-0.2, -0.15) is 0 Å². The van der Waals surface area contributed by atoms with Crippen molar-refractivity contribution in [1.82, 2.24) is 30.0 Å². The predicted molar refractivity (Wildman–Crippen MR) is 126 cm³/mol. The number of rotatable bonds is 8. The zero-order valence-corrected chi connectivity index (χ0v) is 20.0. The fourth-order valence-corrected chi connectivity index (χ4v) is 4.25. The molecule has 1 atom stereocenters. The molecule has 4 rings (SSSR count). The number of tetrazole rings is 1. The number of likely N-dealkylation sites (N-methyl/N-ethyl adjacent to an activating group) is 1. The van der Waals surface area contributed by atoms with Gasteiger partial charge in [-0.3, -0.25) is 4.90 Å². The minimum atomic E-state index is -0.265. The van der Waals surface area contributed by atoms with E-state index >= 15 is 0 Å². The molecule has 2 heterocycles. The number of hydrogen-bond donors (Lipinski definition) is 0. The summed E-state index contributed by atoms with van der Waals surface area (Å²) in [6.07, 6.45) is 0. The molecule has 0 radical (unpaired) electrons. The number of aromatic nitrogens is 4. The number of para-hydroxylation sites is 1. The first-order valence-corrected chi connectivity index (χ1v) is 10.8. The molecule has 2 aromatic carbocycles. The van der Waals surface area contributed by atoms with Crippen LogP contribution in [-0.4, -0.2) is 77.0 Å². The Labute approximate surface area is 199 Å². The molecule has 0 amide bonds. The van der Waals surface area contributed by atoms with Gasteiger partial charge in [0.05, 0.1) is 20.8 Å². The molecule has 0 spiro atoms. The molecule has 1 aliphatic rings. The lowest BCUT2D eigenvalue weighted by Crippen LogP contribution is -2.48. The van der Waals surface area contributed by atoms with E-state index in [-0.39, 0.29) is 24.3 Å². The maximum absolute atomic E-state index is 13.4. The summed E-state index contributed by atoms with van der Waals surface area (Å²) < 4.78 is 26.5. The van der Waals surface area contributed by atoms with Crippen LogP contribution in [0, 0.1) is 5.82 Å². The molecule has 8 nitrogen and oxygen atoms in total. The average Bonchev–Trinajstić information content (AvgIpc) is 3.28. The van der Waals surface area contributed by atoms with Crippen LogP contribution in [0.2, 0.25) is 0 Å². The molecule has 10 heteroatoms. The molecule has 1 fully saturated rings. The lowest BCUT2D eigenvalue weighted by atomic mass is 10.0. The minimum Gasteiger partial charge on any atom is -0.493 e. The van der Waals surface area contributed by atoms with E-state index in [1.54, 1.807) is 31.0 Å². The van der Waals surface area contributed by atoms with Gasteiger partial charge >= 0.3 is 0 Å². The van der Waals surface area contributed by atoms with Crippen molar-refractivity contribution in [3.8, 4) is 11.5 Å². The highest BCUT2D eigenvalue weighted by atomic mass is 35.5. The SMILES string of the molecule is CCN1CCN(C(c2cccc(OC)c2OC)c2nnnn2Cc2ccc(F)cc2)CC1.Cl. The van der Waals surface area contributed by atoms with E-state index in [0.29, 0.717) is 23.9 Å². The van der Waals surface area contributed by atoms with Crippen LogP contribution in [0.15, 0.2) is 42.5 Å². The Balaban J connectivity index is 0.00000306. The van der Waals surface area contributed by atoms with Crippen LogP contribution in [0.3, 0.4) is 0 Å². The Hall–Kier alpha value is -2.75. The maximum atomic E-state index is 13.4. The Morgan fingerprint density at radius 3 is 2.36 bits per heavy atom. The number of ether oxygens (including phenoxy) is 2. The monoisotopic (exact) mass is 476 g/mol. The highest BCUT2D eigenvalue weighted by Crippen LogP contribution is 2.39. The number of methoxy groups -OCH3 is 2. The smallest absolute Gasteiger partial charge is 0.173 e. The zero-order chi connectivity index (χ0) is 22.5. The molecule has 1 aliphatic heterocycles. The molecule has 0 aliphatic carbocycles. The van der Waals surface area contributed by atoms with Crippen LogP contribution in [0.5, 0.6) is 11.5 Å². The quantitative estimate of drug-likeness (QED) is 0.495. The minimum absolute atomic E-state index is 0. The fraction of sp³-hybridized carbons (Fsp3) is 0.435. The molecule has 1 aromatic heterocycles. The van der Waals surface area contributed by atoms with E-state index in [1.165, 1.54) is 12.1 Å². The summed E-state index contributed by atoms with van der Waals surface area (Å²) in [4.78, 5) is 4.81. The fourth-order valence-electron chi connectivity index (χ4n) is 4.25. The second-order valence-corrected chi connectivity index (χ2v) is 7.78. The molecular weight excluding hydrogens is 447 g/mol. The van der Waals surface area contributed by atoms with E-state index in [0.717, 1.165) is 43.9 Å². The van der Waals surface area contributed by atoms with Gasteiger partial charge in [0.15, 0.2) is 17.3 Å². The Morgan fingerprint density at radius 1 is 1.00 bits per heavy atom. The van der Waals surface area contributed by atoms with Crippen molar-refractivity contribution in [3.63, 3.8) is 0 Å². The van der Waals surface area contributed by atoms with Gasteiger partial charge in [-0.25, -0.2) is 9.07 Å². The van der Waals surface area contributed by atoms with Crippen molar-refractivity contribution >= 4 is 12.4 Å². The van der Waals surface area contributed by atoms with Crippen molar-refractivity contribution in [3.05, 3.63) is 65.2 Å². The molecule has 1 unspecified atom stereocenters. The standard InChI is InChI=1S/C23H29FN6O2.ClH/c1-4-28-12-14-29(15-13-28)21(19-6-5-7-20(31-2)22(19)32-3)23-25-26-27-30(23)16-17-8-10-18(24)11-9-17;/h5-11,21H,4,12-16H2,1-3H3;1H. The van der Waals surface area contributed by atoms with Crippen LogP contribution in [0.1, 0.15) is 29.9 Å². The van der Waals surface area contributed by atoms with Crippen LogP contribution >= 0.6 is 12.4 Å². The summed E-state index contributed by atoms with van der Waals surface area (Å²) in [6.45, 7) is 7.35. The first kappa shape index (κ1) is 24.9. The highest BCUT2D eigenvalue weighted by molar-refractivity contribution is 5.85. The van der Waals surface area contributed by atoms with Crippen LogP contribution < -0.4 is 9.47 Å². The average molecular weight is 477 g/mol. The van der Waals surface area contributed by atoms with Gasteiger partial charge in [0.25, 0.3) is 0 Å². The van der Waals surface area contributed by atoms with Crippen LogP contribution in [0.25, 0.3) is 0 Å². The lowest BCUT2D eigenvalue weighted by molar-refractivity contribution is 0.107. The molecule has 3 aromatic rings. The first-order valence-electron chi connectivity index (χ1n) is 10.8. The van der Waals surface area contributed by atoms with Crippen molar-refractivity contribution in [2.75, 3.05) is 46.9 Å². The molecule has 0 N–H and O–H groups in total.